The molecule has 0 atom stereocenters. The molecule has 3 heterocycles. The van der Waals surface area contributed by atoms with Crippen molar-refractivity contribution in [2.75, 3.05) is 11.1 Å². The summed E-state index contributed by atoms with van der Waals surface area (Å²) in [5.41, 5.74) is 11.7. The Hall–Kier alpha value is -3.90. The lowest BCUT2D eigenvalue weighted by atomic mass is 10.0. The summed E-state index contributed by atoms with van der Waals surface area (Å²) in [6, 6.07) is 18.3. The van der Waals surface area contributed by atoms with Crippen LogP contribution in [0.4, 0.5) is 17.2 Å². The first kappa shape index (κ1) is 19.1. The van der Waals surface area contributed by atoms with E-state index in [9.17, 15) is 4.79 Å². The molecular weight excluding hydrogens is 412 g/mol. The average Bonchev–Trinajstić information content (AvgIpc) is 3.45. The summed E-state index contributed by atoms with van der Waals surface area (Å²) >= 11 is 6.45. The Morgan fingerprint density at radius 1 is 1.06 bits per heavy atom. The number of benzene rings is 2. The predicted octanol–water partition coefficient (Wildman–Crippen LogP) is 5.51. The number of nitrogens with two attached hydrogens (primary N) is 1. The van der Waals surface area contributed by atoms with Crippen LogP contribution in [-0.2, 0) is 6.42 Å². The molecular formula is C24H17ClN4O2. The number of halogens is 1. The first-order valence-corrected chi connectivity index (χ1v) is 10.0. The Kier molecular flexibility index (Phi) is 4.76. The molecule has 1 aliphatic heterocycles. The van der Waals surface area contributed by atoms with E-state index in [0.717, 1.165) is 33.7 Å². The molecule has 3 N–H and O–H groups in total. The van der Waals surface area contributed by atoms with Gasteiger partial charge in [-0.1, -0.05) is 23.7 Å². The molecule has 0 radical (unpaired) electrons. The number of rotatable bonds is 4. The minimum atomic E-state index is -0.329. The van der Waals surface area contributed by atoms with E-state index >= 15 is 0 Å². The van der Waals surface area contributed by atoms with Gasteiger partial charge in [0, 0.05) is 45.7 Å². The highest BCUT2D eigenvalue weighted by Gasteiger charge is 2.21. The number of aromatic nitrogens is 1. The van der Waals surface area contributed by atoms with Crippen molar-refractivity contribution in [3.8, 4) is 11.1 Å². The Bertz CT molecular complexity index is 1310. The number of anilines is 2. The molecule has 0 bridgehead atoms. The second-order valence-corrected chi connectivity index (χ2v) is 7.60. The largest absolute Gasteiger partial charge is 0.459 e. The molecule has 7 heteroatoms. The summed E-state index contributed by atoms with van der Waals surface area (Å²) in [6.07, 6.45) is 3.86. The second-order valence-electron chi connectivity index (χ2n) is 7.19. The van der Waals surface area contributed by atoms with Gasteiger partial charge in [-0.05, 0) is 54.1 Å². The van der Waals surface area contributed by atoms with E-state index in [4.69, 9.17) is 21.8 Å². The molecule has 31 heavy (non-hydrogen) atoms. The molecule has 0 saturated carbocycles. The number of furan rings is 1. The number of carbonyl (C=O) groups excluding carboxylic acids is 1. The van der Waals surface area contributed by atoms with Crippen LogP contribution < -0.4 is 11.1 Å². The number of hydrogen-bond acceptors (Lipinski definition) is 5. The van der Waals surface area contributed by atoms with Gasteiger partial charge in [0.25, 0.3) is 5.91 Å². The molecule has 152 valence electrons. The maximum atomic E-state index is 12.3. The van der Waals surface area contributed by atoms with E-state index in [1.165, 1.54) is 6.26 Å². The summed E-state index contributed by atoms with van der Waals surface area (Å²) in [5.74, 6) is 0.585. The van der Waals surface area contributed by atoms with Crippen molar-refractivity contribution in [3.05, 3.63) is 95.0 Å². The third-order valence-corrected chi connectivity index (χ3v) is 5.40. The molecule has 0 saturated heterocycles. The van der Waals surface area contributed by atoms with Gasteiger partial charge in [-0.2, -0.15) is 0 Å². The fraction of sp³-hybridized carbons (Fsp3) is 0.0417. The molecule has 6 nitrogen and oxygen atoms in total. The zero-order valence-corrected chi connectivity index (χ0v) is 17.1. The van der Waals surface area contributed by atoms with Crippen LogP contribution in [0.3, 0.4) is 0 Å². The monoisotopic (exact) mass is 428 g/mol. The van der Waals surface area contributed by atoms with Crippen molar-refractivity contribution >= 4 is 40.4 Å². The lowest BCUT2D eigenvalue weighted by molar-refractivity contribution is 0.0996. The lowest BCUT2D eigenvalue weighted by Gasteiger charge is -2.08. The first-order chi connectivity index (χ1) is 15.1. The van der Waals surface area contributed by atoms with E-state index in [-0.39, 0.29) is 11.7 Å². The van der Waals surface area contributed by atoms with Crippen LogP contribution in [0.2, 0.25) is 5.02 Å². The summed E-state index contributed by atoms with van der Waals surface area (Å²) in [6.45, 7) is 0. The van der Waals surface area contributed by atoms with E-state index in [0.29, 0.717) is 22.9 Å². The van der Waals surface area contributed by atoms with Gasteiger partial charge in [-0.25, -0.2) is 9.98 Å². The minimum Gasteiger partial charge on any atom is -0.459 e. The van der Waals surface area contributed by atoms with Crippen LogP contribution in [0, 0.1) is 0 Å². The number of pyridine rings is 1. The number of nitrogen functional groups attached to an aromatic ring is 1. The van der Waals surface area contributed by atoms with Crippen molar-refractivity contribution in [3.63, 3.8) is 0 Å². The van der Waals surface area contributed by atoms with Crippen molar-refractivity contribution in [2.24, 2.45) is 4.99 Å². The average molecular weight is 429 g/mol. The predicted molar refractivity (Wildman–Crippen MR) is 122 cm³/mol. The van der Waals surface area contributed by atoms with Crippen molar-refractivity contribution < 1.29 is 9.21 Å². The van der Waals surface area contributed by atoms with Gasteiger partial charge in [0.15, 0.2) is 11.6 Å². The molecule has 0 aliphatic carbocycles. The van der Waals surface area contributed by atoms with Crippen LogP contribution in [0.25, 0.3) is 11.1 Å². The normalized spacial score (nSPS) is 12.4. The van der Waals surface area contributed by atoms with Gasteiger partial charge in [0.2, 0.25) is 0 Å². The minimum absolute atomic E-state index is 0.238. The number of nitrogens with one attached hydrogen (secondary N) is 1. The molecule has 2 aromatic carbocycles. The Balaban J connectivity index is 1.40. The van der Waals surface area contributed by atoms with Crippen LogP contribution in [0.15, 0.2) is 82.5 Å². The van der Waals surface area contributed by atoms with Gasteiger partial charge in [-0.15, -0.1) is 0 Å². The fourth-order valence-corrected chi connectivity index (χ4v) is 3.72. The smallest absolute Gasteiger partial charge is 0.291 e. The van der Waals surface area contributed by atoms with Gasteiger partial charge < -0.3 is 15.5 Å². The van der Waals surface area contributed by atoms with E-state index in [2.05, 4.69) is 21.4 Å². The standard InChI is InChI=1S/C24H17ClN4O2/c25-20-8-7-18(28-24(30)22-2-1-9-31-22)12-19(20)21-11-15-10-16(13-27-23(15)29-21)14-3-5-17(26)6-4-14/h1-10,12-13H,11,26H2,(H,28,30). The number of fused-ring (bicyclic) bond motifs is 1. The highest BCUT2D eigenvalue weighted by atomic mass is 35.5. The number of hydrogen-bond donors (Lipinski definition) is 2. The SMILES string of the molecule is Nc1ccc(-c2cnc3c(c2)CC(c2cc(NC(=O)c4ccco4)ccc2Cl)=N3)cc1. The number of amides is 1. The Morgan fingerprint density at radius 2 is 1.90 bits per heavy atom. The molecule has 1 amide bonds. The Labute approximate surface area is 183 Å². The molecule has 0 fully saturated rings. The summed E-state index contributed by atoms with van der Waals surface area (Å²) in [4.78, 5) is 21.5. The lowest BCUT2D eigenvalue weighted by Crippen LogP contribution is -2.11. The molecule has 4 aromatic rings. The maximum Gasteiger partial charge on any atom is 0.291 e. The molecule has 2 aromatic heterocycles. The zero-order valence-electron chi connectivity index (χ0n) is 16.3. The highest BCUT2D eigenvalue weighted by Crippen LogP contribution is 2.33. The maximum absolute atomic E-state index is 12.3. The van der Waals surface area contributed by atoms with Gasteiger partial charge in [0.05, 0.1) is 12.0 Å². The quantitative estimate of drug-likeness (QED) is 0.419. The third kappa shape index (κ3) is 3.81. The summed E-state index contributed by atoms with van der Waals surface area (Å²) in [5, 5.41) is 3.38. The van der Waals surface area contributed by atoms with Crippen molar-refractivity contribution in [1.29, 1.82) is 0 Å². The summed E-state index contributed by atoms with van der Waals surface area (Å²) < 4.78 is 5.14. The van der Waals surface area contributed by atoms with E-state index in [1.807, 2.05) is 30.3 Å². The fourth-order valence-electron chi connectivity index (χ4n) is 3.50. The van der Waals surface area contributed by atoms with Gasteiger partial charge >= 0.3 is 0 Å². The van der Waals surface area contributed by atoms with Crippen molar-refractivity contribution in [2.45, 2.75) is 6.42 Å². The van der Waals surface area contributed by atoms with E-state index < -0.39 is 0 Å². The number of nitrogens with zero attached hydrogens (tertiary/aromatic N) is 2. The van der Waals surface area contributed by atoms with Crippen LogP contribution in [0.1, 0.15) is 21.7 Å². The van der Waals surface area contributed by atoms with Gasteiger partial charge in [0.1, 0.15) is 0 Å². The molecule has 5 rings (SSSR count). The third-order valence-electron chi connectivity index (χ3n) is 5.07. The first-order valence-electron chi connectivity index (χ1n) is 9.64. The van der Waals surface area contributed by atoms with Gasteiger partial charge in [-0.3, -0.25) is 4.79 Å². The summed E-state index contributed by atoms with van der Waals surface area (Å²) in [7, 11) is 0. The van der Waals surface area contributed by atoms with Crippen LogP contribution >= 0.6 is 11.6 Å². The topological polar surface area (TPSA) is 93.5 Å². The molecule has 0 unspecified atom stereocenters. The van der Waals surface area contributed by atoms with Crippen molar-refractivity contribution in [1.82, 2.24) is 4.98 Å². The zero-order chi connectivity index (χ0) is 21.4. The molecule has 1 aliphatic rings. The van der Waals surface area contributed by atoms with E-state index in [1.54, 1.807) is 30.5 Å². The van der Waals surface area contributed by atoms with Crippen LogP contribution in [0.5, 0.6) is 0 Å². The second kappa shape index (κ2) is 7.74. The Morgan fingerprint density at radius 3 is 2.68 bits per heavy atom. The highest BCUT2D eigenvalue weighted by molar-refractivity contribution is 6.34. The molecule has 0 spiro atoms. The van der Waals surface area contributed by atoms with Crippen LogP contribution in [-0.4, -0.2) is 16.6 Å². The number of aliphatic imine (C=N–C) groups is 1. The number of carbonyl (C=O) groups is 1.